The number of unbranched alkanes of at least 4 members (excludes halogenated alkanes) is 12. The van der Waals surface area contributed by atoms with Gasteiger partial charge in [0.1, 0.15) is 13.2 Å². The van der Waals surface area contributed by atoms with E-state index in [0.717, 1.165) is 77.0 Å². The van der Waals surface area contributed by atoms with Gasteiger partial charge < -0.3 is 14.2 Å². The third-order valence-electron chi connectivity index (χ3n) is 9.55. The maximum Gasteiger partial charge on any atom is 0.306 e. The lowest BCUT2D eigenvalue weighted by Crippen LogP contribution is -2.30. The zero-order valence-electron chi connectivity index (χ0n) is 39.8. The zero-order chi connectivity index (χ0) is 45.8. The van der Waals surface area contributed by atoms with Gasteiger partial charge in [-0.1, -0.05) is 231 Å². The van der Waals surface area contributed by atoms with E-state index in [4.69, 9.17) is 14.2 Å². The molecular weight excluding hydrogens is 781 g/mol. The highest BCUT2D eigenvalue weighted by Crippen LogP contribution is 2.12. The van der Waals surface area contributed by atoms with Crippen LogP contribution in [0.1, 0.15) is 175 Å². The van der Waals surface area contributed by atoms with Crippen LogP contribution in [0.15, 0.2) is 146 Å². The Morgan fingerprint density at radius 2 is 0.730 bits per heavy atom. The van der Waals surface area contributed by atoms with Gasteiger partial charge in [0.2, 0.25) is 0 Å². The molecule has 0 fully saturated rings. The molecule has 0 N–H and O–H groups in total. The molecule has 0 rings (SSSR count). The first-order valence-electron chi connectivity index (χ1n) is 24.4. The first-order valence-corrected chi connectivity index (χ1v) is 24.4. The normalized spacial score (nSPS) is 13.4. The molecule has 350 valence electrons. The molecule has 0 saturated carbocycles. The third-order valence-corrected chi connectivity index (χ3v) is 9.55. The fraction of sp³-hybridized carbons (Fsp3) is 0.526. The molecule has 0 bridgehead atoms. The van der Waals surface area contributed by atoms with E-state index in [2.05, 4.69) is 81.5 Å². The second kappa shape index (κ2) is 49.9. The van der Waals surface area contributed by atoms with Crippen molar-refractivity contribution in [2.75, 3.05) is 13.2 Å². The summed E-state index contributed by atoms with van der Waals surface area (Å²) in [6.45, 7) is 6.23. The standard InChI is InChI=1S/C57H86O6/c1-4-7-10-13-16-19-22-24-26-28-29-30-32-33-35-38-41-44-47-50-56(59)62-53-54(52-61-55(58)49-46-43-40-37-21-18-15-12-9-6-3)63-57(60)51-48-45-42-39-36-34-31-27-25-23-20-17-14-11-8-5-2/h7-8,10-11,13,16-17,19-20,22,24-30,32-36,42,45,54H,4-6,9,12,14-15,18,21,23,31,37-41,43-44,46-53H2,1-3H3/b10-7-,11-8-,16-13-,20-17-,22-19-,26-24-,27-25-,29-28+,32-30-,35-33-,36-34-,45-42-. The van der Waals surface area contributed by atoms with Crippen molar-refractivity contribution in [3.63, 3.8) is 0 Å². The van der Waals surface area contributed by atoms with E-state index in [-0.39, 0.29) is 38.0 Å². The highest BCUT2D eigenvalue weighted by atomic mass is 16.6. The molecule has 1 unspecified atom stereocenters. The Kier molecular flexibility index (Phi) is 46.2. The summed E-state index contributed by atoms with van der Waals surface area (Å²) in [5, 5.41) is 0. The average Bonchev–Trinajstić information content (AvgIpc) is 3.28. The van der Waals surface area contributed by atoms with Crippen molar-refractivity contribution in [3.05, 3.63) is 146 Å². The lowest BCUT2D eigenvalue weighted by atomic mass is 10.1. The van der Waals surface area contributed by atoms with Crippen LogP contribution in [-0.4, -0.2) is 37.2 Å². The largest absolute Gasteiger partial charge is 0.462 e. The van der Waals surface area contributed by atoms with E-state index in [1.807, 2.05) is 85.1 Å². The molecule has 63 heavy (non-hydrogen) atoms. The SMILES string of the molecule is CC\C=C/C=C\C=C/C=C\C=C\C=C/C=C\CCCCCC(=O)OCC(COC(=O)CCCCCCCCCCCC)OC(=O)CC/C=C\C/C=C\C/C=C\C/C=C\C/C=C\CC. The average molecular weight is 867 g/mol. The fourth-order valence-corrected chi connectivity index (χ4v) is 5.94. The summed E-state index contributed by atoms with van der Waals surface area (Å²) in [4.78, 5) is 37.8. The number of allylic oxidation sites excluding steroid dienone is 24. The smallest absolute Gasteiger partial charge is 0.306 e. The monoisotopic (exact) mass is 867 g/mol. The van der Waals surface area contributed by atoms with Crippen molar-refractivity contribution in [1.82, 2.24) is 0 Å². The van der Waals surface area contributed by atoms with Crippen LogP contribution in [0.5, 0.6) is 0 Å². The van der Waals surface area contributed by atoms with Gasteiger partial charge >= 0.3 is 17.9 Å². The number of hydrogen-bond acceptors (Lipinski definition) is 6. The van der Waals surface area contributed by atoms with Gasteiger partial charge in [-0.2, -0.15) is 0 Å². The van der Waals surface area contributed by atoms with Gasteiger partial charge in [0.05, 0.1) is 0 Å². The Morgan fingerprint density at radius 3 is 1.19 bits per heavy atom. The molecule has 0 aromatic heterocycles. The number of rotatable bonds is 41. The predicted molar refractivity (Wildman–Crippen MR) is 269 cm³/mol. The molecule has 6 heteroatoms. The Balaban J connectivity index is 4.61. The van der Waals surface area contributed by atoms with Crippen molar-refractivity contribution in [2.24, 2.45) is 0 Å². The van der Waals surface area contributed by atoms with E-state index in [1.54, 1.807) is 0 Å². The van der Waals surface area contributed by atoms with Gasteiger partial charge in [0, 0.05) is 19.3 Å². The topological polar surface area (TPSA) is 78.9 Å². The Hall–Kier alpha value is -4.71. The molecule has 0 aromatic rings. The summed E-state index contributed by atoms with van der Waals surface area (Å²) in [7, 11) is 0. The first-order chi connectivity index (χ1) is 31.0. The highest BCUT2D eigenvalue weighted by Gasteiger charge is 2.19. The van der Waals surface area contributed by atoms with Crippen molar-refractivity contribution < 1.29 is 28.6 Å². The second-order valence-corrected chi connectivity index (χ2v) is 15.4. The minimum absolute atomic E-state index is 0.128. The molecule has 0 aromatic carbocycles. The highest BCUT2D eigenvalue weighted by molar-refractivity contribution is 5.71. The van der Waals surface area contributed by atoms with Crippen LogP contribution in [0.2, 0.25) is 0 Å². The summed E-state index contributed by atoms with van der Waals surface area (Å²) < 4.78 is 16.6. The molecule has 0 heterocycles. The minimum Gasteiger partial charge on any atom is -0.462 e. The molecule has 1 atom stereocenters. The van der Waals surface area contributed by atoms with Crippen LogP contribution in [0, 0.1) is 0 Å². The van der Waals surface area contributed by atoms with E-state index in [9.17, 15) is 14.4 Å². The molecule has 0 spiro atoms. The molecule has 0 amide bonds. The Labute approximate surface area is 385 Å². The van der Waals surface area contributed by atoms with Crippen molar-refractivity contribution in [1.29, 1.82) is 0 Å². The summed E-state index contributed by atoms with van der Waals surface area (Å²) in [5.74, 6) is -1.07. The molecule has 0 aliphatic carbocycles. The number of esters is 3. The Morgan fingerprint density at radius 1 is 0.349 bits per heavy atom. The quantitative estimate of drug-likeness (QED) is 0.0200. The lowest BCUT2D eigenvalue weighted by molar-refractivity contribution is -0.166. The number of carbonyl (C=O) groups excluding carboxylic acids is 3. The van der Waals surface area contributed by atoms with Crippen LogP contribution in [-0.2, 0) is 28.6 Å². The maximum atomic E-state index is 12.7. The van der Waals surface area contributed by atoms with Gasteiger partial charge in [-0.05, 0) is 70.6 Å². The van der Waals surface area contributed by atoms with E-state index in [1.165, 1.54) is 44.9 Å². The molecule has 0 radical (unpaired) electrons. The maximum absolute atomic E-state index is 12.7. The van der Waals surface area contributed by atoms with Gasteiger partial charge in [-0.15, -0.1) is 0 Å². The second-order valence-electron chi connectivity index (χ2n) is 15.4. The van der Waals surface area contributed by atoms with Crippen molar-refractivity contribution in [2.45, 2.75) is 181 Å². The van der Waals surface area contributed by atoms with Crippen LogP contribution in [0.3, 0.4) is 0 Å². The summed E-state index contributed by atoms with van der Waals surface area (Å²) in [6.07, 6.45) is 71.2. The van der Waals surface area contributed by atoms with Crippen molar-refractivity contribution in [3.8, 4) is 0 Å². The predicted octanol–water partition coefficient (Wildman–Crippen LogP) is 16.1. The van der Waals surface area contributed by atoms with E-state index < -0.39 is 12.1 Å². The summed E-state index contributed by atoms with van der Waals surface area (Å²) in [6, 6.07) is 0. The zero-order valence-corrected chi connectivity index (χ0v) is 39.8. The van der Waals surface area contributed by atoms with Crippen LogP contribution < -0.4 is 0 Å². The van der Waals surface area contributed by atoms with Gasteiger partial charge in [0.15, 0.2) is 6.10 Å². The first kappa shape index (κ1) is 58.3. The summed E-state index contributed by atoms with van der Waals surface area (Å²) in [5.41, 5.74) is 0. The summed E-state index contributed by atoms with van der Waals surface area (Å²) >= 11 is 0. The van der Waals surface area contributed by atoms with Gasteiger partial charge in [-0.25, -0.2) is 0 Å². The Bertz CT molecular complexity index is 1460. The van der Waals surface area contributed by atoms with E-state index in [0.29, 0.717) is 19.3 Å². The molecule has 0 aliphatic heterocycles. The molecule has 0 aliphatic rings. The van der Waals surface area contributed by atoms with Gasteiger partial charge in [-0.3, -0.25) is 14.4 Å². The minimum atomic E-state index is -0.840. The molecular formula is C57H86O6. The van der Waals surface area contributed by atoms with Gasteiger partial charge in [0.25, 0.3) is 0 Å². The number of hydrogen-bond donors (Lipinski definition) is 0. The van der Waals surface area contributed by atoms with Crippen LogP contribution in [0.25, 0.3) is 0 Å². The fourth-order valence-electron chi connectivity index (χ4n) is 5.94. The lowest BCUT2D eigenvalue weighted by Gasteiger charge is -2.18. The molecule has 6 nitrogen and oxygen atoms in total. The number of carbonyl (C=O) groups is 3. The number of ether oxygens (including phenoxy) is 3. The third kappa shape index (κ3) is 48.2. The van der Waals surface area contributed by atoms with Crippen LogP contribution >= 0.6 is 0 Å². The van der Waals surface area contributed by atoms with Crippen LogP contribution in [0.4, 0.5) is 0 Å². The molecule has 0 saturated heterocycles. The van der Waals surface area contributed by atoms with E-state index >= 15 is 0 Å². The van der Waals surface area contributed by atoms with Crippen molar-refractivity contribution >= 4 is 17.9 Å².